The molecular weight excluding hydrogens is 380 g/mol. The molecule has 10 heteroatoms. The molecule has 0 unspecified atom stereocenters. The van der Waals surface area contributed by atoms with Crippen LogP contribution in [0, 0.1) is 0 Å². The number of fused-ring (bicyclic) bond motifs is 2. The van der Waals surface area contributed by atoms with Crippen molar-refractivity contribution in [2.75, 3.05) is 22.9 Å². The van der Waals surface area contributed by atoms with Crippen molar-refractivity contribution in [2.24, 2.45) is 0 Å². The maximum absolute atomic E-state index is 6.13. The summed E-state index contributed by atoms with van der Waals surface area (Å²) >= 11 is 0. The molecule has 0 aliphatic rings. The fourth-order valence-electron chi connectivity index (χ4n) is 3.02. The van der Waals surface area contributed by atoms with Gasteiger partial charge in [-0.15, -0.1) is 0 Å². The molecule has 146 valence electrons. The highest BCUT2D eigenvalue weighted by molar-refractivity contribution is 5.93. The molecule has 5 rings (SSSR count). The van der Waals surface area contributed by atoms with Crippen LogP contribution >= 0.6 is 0 Å². The molecule has 0 saturated carbocycles. The van der Waals surface area contributed by atoms with Gasteiger partial charge in [0.1, 0.15) is 0 Å². The average Bonchev–Trinajstić information content (AvgIpc) is 2.73. The lowest BCUT2D eigenvalue weighted by Gasteiger charge is -2.08. The van der Waals surface area contributed by atoms with Crippen LogP contribution in [0.25, 0.3) is 45.1 Å². The normalized spacial score (nSPS) is 11.2. The molecule has 30 heavy (non-hydrogen) atoms. The Balaban J connectivity index is 1.71. The number of hydrogen-bond donors (Lipinski definition) is 4. The molecule has 0 bridgehead atoms. The first-order valence-electron chi connectivity index (χ1n) is 8.98. The van der Waals surface area contributed by atoms with E-state index in [4.69, 9.17) is 22.9 Å². The van der Waals surface area contributed by atoms with Crippen LogP contribution in [0.4, 0.5) is 23.0 Å². The lowest BCUT2D eigenvalue weighted by molar-refractivity contribution is 1.15. The summed E-state index contributed by atoms with van der Waals surface area (Å²) in [7, 11) is 0. The molecule has 0 fully saturated rings. The van der Waals surface area contributed by atoms with E-state index in [1.54, 1.807) is 24.3 Å². The fraction of sp³-hybridized carbons (Fsp3) is 0. The van der Waals surface area contributed by atoms with Crippen molar-refractivity contribution < 1.29 is 0 Å². The topological polar surface area (TPSA) is 181 Å². The van der Waals surface area contributed by atoms with E-state index in [2.05, 4.69) is 29.9 Å². The highest BCUT2D eigenvalue weighted by Gasteiger charge is 2.15. The number of nitrogens with zero attached hydrogens (tertiary/aromatic N) is 6. The van der Waals surface area contributed by atoms with Crippen LogP contribution in [0.3, 0.4) is 0 Å². The van der Waals surface area contributed by atoms with Gasteiger partial charge in [0.2, 0.25) is 0 Å². The molecule has 0 aliphatic heterocycles. The van der Waals surface area contributed by atoms with Gasteiger partial charge in [-0.1, -0.05) is 0 Å². The highest BCUT2D eigenvalue weighted by atomic mass is 15.1. The minimum Gasteiger partial charge on any atom is -0.399 e. The average molecular weight is 396 g/mol. The second-order valence-electron chi connectivity index (χ2n) is 6.68. The van der Waals surface area contributed by atoms with E-state index in [1.165, 1.54) is 0 Å². The molecule has 10 nitrogen and oxygen atoms in total. The summed E-state index contributed by atoms with van der Waals surface area (Å²) < 4.78 is 0. The molecule has 5 aromatic rings. The van der Waals surface area contributed by atoms with E-state index in [1.807, 2.05) is 24.3 Å². The van der Waals surface area contributed by atoms with Gasteiger partial charge in [-0.25, -0.2) is 29.9 Å². The van der Waals surface area contributed by atoms with E-state index in [9.17, 15) is 0 Å². The van der Waals surface area contributed by atoms with Crippen molar-refractivity contribution in [3.05, 3.63) is 48.5 Å². The minimum absolute atomic E-state index is 0.184. The molecule has 3 heterocycles. The standard InChI is InChI=1S/C20H16N10/c21-11-5-1-9(2-6-11)17-26-15(23)13-19(28-17)30-20-14(25-13)16(24)27-18(29-20)10-3-7-12(22)8-4-10/h1-8H,21-22H2,(H4,23,24,26,27,28,29,30). The monoisotopic (exact) mass is 396 g/mol. The predicted octanol–water partition coefficient (Wildman–Crippen LogP) is 2.03. The number of anilines is 4. The van der Waals surface area contributed by atoms with Gasteiger partial charge >= 0.3 is 0 Å². The molecule has 0 amide bonds. The predicted molar refractivity (Wildman–Crippen MR) is 117 cm³/mol. The van der Waals surface area contributed by atoms with Crippen LogP contribution in [-0.4, -0.2) is 29.9 Å². The number of nitrogens with two attached hydrogens (primary N) is 4. The van der Waals surface area contributed by atoms with Gasteiger partial charge in [-0.05, 0) is 48.5 Å². The van der Waals surface area contributed by atoms with Crippen LogP contribution in [0.5, 0.6) is 0 Å². The van der Waals surface area contributed by atoms with Gasteiger partial charge in [-0.2, -0.15) is 0 Å². The van der Waals surface area contributed by atoms with Gasteiger partial charge in [0.05, 0.1) is 0 Å². The van der Waals surface area contributed by atoms with E-state index < -0.39 is 0 Å². The Hall–Kier alpha value is -4.60. The first-order valence-corrected chi connectivity index (χ1v) is 8.98. The Morgan fingerprint density at radius 3 is 1.23 bits per heavy atom. The summed E-state index contributed by atoms with van der Waals surface area (Å²) in [5.74, 6) is 1.19. The maximum atomic E-state index is 6.13. The van der Waals surface area contributed by atoms with Crippen molar-refractivity contribution in [2.45, 2.75) is 0 Å². The third kappa shape index (κ3) is 2.92. The maximum Gasteiger partial charge on any atom is 0.186 e. The largest absolute Gasteiger partial charge is 0.399 e. The molecule has 8 N–H and O–H groups in total. The smallest absolute Gasteiger partial charge is 0.186 e. The second kappa shape index (κ2) is 6.48. The molecule has 3 aromatic heterocycles. The number of aromatic nitrogens is 6. The minimum atomic E-state index is 0.184. The van der Waals surface area contributed by atoms with E-state index in [0.29, 0.717) is 45.4 Å². The number of hydrogen-bond acceptors (Lipinski definition) is 10. The molecule has 0 spiro atoms. The highest BCUT2D eigenvalue weighted by Crippen LogP contribution is 2.26. The van der Waals surface area contributed by atoms with Crippen LogP contribution in [-0.2, 0) is 0 Å². The fourth-order valence-corrected chi connectivity index (χ4v) is 3.02. The lowest BCUT2D eigenvalue weighted by Crippen LogP contribution is -2.05. The van der Waals surface area contributed by atoms with Crippen LogP contribution in [0.15, 0.2) is 48.5 Å². The van der Waals surface area contributed by atoms with Crippen molar-refractivity contribution in [1.29, 1.82) is 0 Å². The molecule has 2 aromatic carbocycles. The Labute approximate surface area is 170 Å². The summed E-state index contributed by atoms with van der Waals surface area (Å²) in [6, 6.07) is 14.3. The SMILES string of the molecule is Nc1ccc(-c2nc(N)c3nc4c(N)nc(-c5ccc(N)cc5)nc4nc3n2)cc1. The number of rotatable bonds is 2. The third-order valence-electron chi connectivity index (χ3n) is 4.56. The summed E-state index contributed by atoms with van der Waals surface area (Å²) in [5, 5.41) is 0. The Bertz CT molecular complexity index is 1310. The Kier molecular flexibility index (Phi) is 3.78. The van der Waals surface area contributed by atoms with Gasteiger partial charge in [0, 0.05) is 22.5 Å². The summed E-state index contributed by atoms with van der Waals surface area (Å²) in [4.78, 5) is 26.7. The zero-order valence-corrected chi connectivity index (χ0v) is 15.6. The molecular formula is C20H16N10. The van der Waals surface area contributed by atoms with Crippen molar-refractivity contribution in [1.82, 2.24) is 29.9 Å². The summed E-state index contributed by atoms with van der Waals surface area (Å²) in [6.45, 7) is 0. The zero-order valence-electron chi connectivity index (χ0n) is 15.6. The van der Waals surface area contributed by atoms with Gasteiger partial charge in [0.25, 0.3) is 0 Å². The van der Waals surface area contributed by atoms with Crippen LogP contribution in [0.2, 0.25) is 0 Å². The van der Waals surface area contributed by atoms with Crippen molar-refractivity contribution >= 4 is 45.3 Å². The first kappa shape index (κ1) is 17.5. The zero-order chi connectivity index (χ0) is 20.8. The van der Waals surface area contributed by atoms with E-state index >= 15 is 0 Å². The van der Waals surface area contributed by atoms with Gasteiger partial charge in [0.15, 0.2) is 45.6 Å². The first-order chi connectivity index (χ1) is 14.5. The Morgan fingerprint density at radius 1 is 0.433 bits per heavy atom. The third-order valence-corrected chi connectivity index (χ3v) is 4.56. The number of benzene rings is 2. The molecule has 0 aliphatic carbocycles. The summed E-state index contributed by atoms with van der Waals surface area (Å²) in [6.07, 6.45) is 0. The van der Waals surface area contributed by atoms with E-state index in [0.717, 1.165) is 11.1 Å². The molecule has 0 radical (unpaired) electrons. The van der Waals surface area contributed by atoms with E-state index in [-0.39, 0.29) is 11.6 Å². The van der Waals surface area contributed by atoms with Crippen molar-refractivity contribution in [3.63, 3.8) is 0 Å². The second-order valence-corrected chi connectivity index (χ2v) is 6.68. The molecule has 0 atom stereocenters. The lowest BCUT2D eigenvalue weighted by atomic mass is 10.2. The Morgan fingerprint density at radius 2 is 0.833 bits per heavy atom. The number of nitrogen functional groups attached to an aromatic ring is 4. The van der Waals surface area contributed by atoms with Gasteiger partial charge in [-0.3, -0.25) is 0 Å². The van der Waals surface area contributed by atoms with Crippen molar-refractivity contribution in [3.8, 4) is 22.8 Å². The van der Waals surface area contributed by atoms with Gasteiger partial charge < -0.3 is 22.9 Å². The summed E-state index contributed by atoms with van der Waals surface area (Å²) in [5.41, 5.74) is 27.8. The quantitative estimate of drug-likeness (QED) is 0.254. The van der Waals surface area contributed by atoms with Crippen LogP contribution in [0.1, 0.15) is 0 Å². The molecule has 0 saturated heterocycles. The van der Waals surface area contributed by atoms with Crippen LogP contribution < -0.4 is 22.9 Å².